The maximum atomic E-state index is 10.6. The predicted octanol–water partition coefficient (Wildman–Crippen LogP) is 1.03. The lowest BCUT2D eigenvalue weighted by Crippen LogP contribution is -2.27. The summed E-state index contributed by atoms with van der Waals surface area (Å²) in [6.07, 6.45) is 0. The molecule has 0 saturated carbocycles. The molecular formula is C17H41N3O4. The van der Waals surface area contributed by atoms with Crippen LogP contribution in [0, 0.1) is 0 Å². The molecule has 0 aliphatic heterocycles. The summed E-state index contributed by atoms with van der Waals surface area (Å²) in [5.41, 5.74) is 0. The summed E-state index contributed by atoms with van der Waals surface area (Å²) in [4.78, 5) is 10.6. The first-order valence-electron chi connectivity index (χ1n) is 9.10. The summed E-state index contributed by atoms with van der Waals surface area (Å²) in [7, 11) is 1.90. The van der Waals surface area contributed by atoms with Crippen molar-refractivity contribution in [2.75, 3.05) is 72.9 Å². The minimum Gasteiger partial charge on any atom is -0.378 e. The molecule has 0 aromatic heterocycles. The molecule has 0 fully saturated rings. The zero-order valence-corrected chi connectivity index (χ0v) is 16.7. The SMILES string of the molecule is CC.CC.CNCCOCCOCCNCCOCCNC(C)=O. The van der Waals surface area contributed by atoms with Crippen molar-refractivity contribution in [2.24, 2.45) is 0 Å². The van der Waals surface area contributed by atoms with Gasteiger partial charge in [-0.2, -0.15) is 0 Å². The molecule has 0 atom stereocenters. The average Bonchev–Trinajstić information content (AvgIpc) is 2.61. The number of amides is 1. The van der Waals surface area contributed by atoms with Crippen molar-refractivity contribution >= 4 is 5.91 Å². The fourth-order valence-electron chi connectivity index (χ4n) is 1.31. The fraction of sp³-hybridized carbons (Fsp3) is 0.941. The van der Waals surface area contributed by atoms with Crippen LogP contribution >= 0.6 is 0 Å². The summed E-state index contributed by atoms with van der Waals surface area (Å²) in [5.74, 6) is -0.0289. The van der Waals surface area contributed by atoms with Gasteiger partial charge in [-0.15, -0.1) is 0 Å². The van der Waals surface area contributed by atoms with E-state index in [9.17, 15) is 4.79 Å². The third kappa shape index (κ3) is 33.0. The second kappa shape index (κ2) is 30.2. The normalized spacial score (nSPS) is 9.42. The number of hydrogen-bond acceptors (Lipinski definition) is 6. The molecule has 7 nitrogen and oxygen atoms in total. The number of likely N-dealkylation sites (N-methyl/N-ethyl adjacent to an activating group) is 1. The van der Waals surface area contributed by atoms with E-state index in [4.69, 9.17) is 14.2 Å². The van der Waals surface area contributed by atoms with E-state index in [2.05, 4.69) is 16.0 Å². The van der Waals surface area contributed by atoms with Gasteiger partial charge in [0.25, 0.3) is 0 Å². The first kappa shape index (κ1) is 28.1. The monoisotopic (exact) mass is 351 g/mol. The maximum Gasteiger partial charge on any atom is 0.216 e. The molecule has 0 heterocycles. The third-order valence-electron chi connectivity index (χ3n) is 2.34. The van der Waals surface area contributed by atoms with Crippen molar-refractivity contribution in [1.29, 1.82) is 0 Å². The fourth-order valence-corrected chi connectivity index (χ4v) is 1.31. The molecule has 0 saturated heterocycles. The van der Waals surface area contributed by atoms with Crippen LogP contribution in [-0.2, 0) is 19.0 Å². The quantitative estimate of drug-likeness (QED) is 0.383. The Hall–Kier alpha value is -0.730. The summed E-state index contributed by atoms with van der Waals surface area (Å²) in [6, 6.07) is 0. The summed E-state index contributed by atoms with van der Waals surface area (Å²) in [6.45, 7) is 16.3. The van der Waals surface area contributed by atoms with Gasteiger partial charge in [-0.25, -0.2) is 0 Å². The van der Waals surface area contributed by atoms with Gasteiger partial charge in [0.2, 0.25) is 5.91 Å². The zero-order chi connectivity index (χ0) is 18.9. The lowest BCUT2D eigenvalue weighted by Gasteiger charge is -2.08. The molecule has 148 valence electrons. The molecule has 0 aliphatic carbocycles. The highest BCUT2D eigenvalue weighted by Gasteiger charge is 1.93. The number of rotatable bonds is 15. The van der Waals surface area contributed by atoms with E-state index in [1.807, 2.05) is 34.7 Å². The number of ether oxygens (including phenoxy) is 3. The molecule has 0 bridgehead atoms. The highest BCUT2D eigenvalue weighted by atomic mass is 16.5. The number of carbonyl (C=O) groups excluding carboxylic acids is 1. The minimum atomic E-state index is -0.0289. The standard InChI is InChI=1S/C13H29N3O4.2C2H6/c1-13(17)16-6-10-18-8-4-15-5-9-20-12-11-19-7-3-14-2;2*1-2/h14-15H,3-12H2,1-2H3,(H,16,17);2*1-2H3. The highest BCUT2D eigenvalue weighted by molar-refractivity contribution is 5.72. The van der Waals surface area contributed by atoms with E-state index in [1.165, 1.54) is 6.92 Å². The molecule has 0 aromatic rings. The van der Waals surface area contributed by atoms with Gasteiger partial charge in [0.15, 0.2) is 0 Å². The Kier molecular flexibility index (Phi) is 35.3. The summed E-state index contributed by atoms with van der Waals surface area (Å²) in [5, 5.41) is 8.89. The molecule has 3 N–H and O–H groups in total. The van der Waals surface area contributed by atoms with E-state index >= 15 is 0 Å². The van der Waals surface area contributed by atoms with E-state index in [0.29, 0.717) is 46.2 Å². The van der Waals surface area contributed by atoms with E-state index in [1.54, 1.807) is 0 Å². The van der Waals surface area contributed by atoms with E-state index in [0.717, 1.165) is 19.6 Å². The molecule has 0 spiro atoms. The van der Waals surface area contributed by atoms with Crippen LogP contribution in [0.3, 0.4) is 0 Å². The van der Waals surface area contributed by atoms with Gasteiger partial charge in [-0.3, -0.25) is 4.79 Å². The molecule has 7 heteroatoms. The van der Waals surface area contributed by atoms with Crippen LogP contribution in [0.5, 0.6) is 0 Å². The largest absolute Gasteiger partial charge is 0.378 e. The van der Waals surface area contributed by atoms with Gasteiger partial charge < -0.3 is 30.2 Å². The van der Waals surface area contributed by atoms with Gasteiger partial charge in [-0.05, 0) is 7.05 Å². The first-order chi connectivity index (χ1) is 11.8. The van der Waals surface area contributed by atoms with Crippen molar-refractivity contribution in [3.8, 4) is 0 Å². The lowest BCUT2D eigenvalue weighted by atomic mass is 10.6. The van der Waals surface area contributed by atoms with Crippen LogP contribution < -0.4 is 16.0 Å². The van der Waals surface area contributed by atoms with Crippen molar-refractivity contribution in [3.63, 3.8) is 0 Å². The average molecular weight is 352 g/mol. The van der Waals surface area contributed by atoms with Crippen LogP contribution in [0.2, 0.25) is 0 Å². The molecule has 0 unspecified atom stereocenters. The van der Waals surface area contributed by atoms with Crippen LogP contribution in [0.25, 0.3) is 0 Å². The minimum absolute atomic E-state index is 0.0289. The van der Waals surface area contributed by atoms with Gasteiger partial charge >= 0.3 is 0 Å². The topological polar surface area (TPSA) is 80.8 Å². The Morgan fingerprint density at radius 1 is 0.708 bits per heavy atom. The van der Waals surface area contributed by atoms with Gasteiger partial charge in [0, 0.05) is 33.1 Å². The Balaban J connectivity index is -0.00000102. The Morgan fingerprint density at radius 3 is 1.58 bits per heavy atom. The van der Waals surface area contributed by atoms with Crippen molar-refractivity contribution < 1.29 is 19.0 Å². The highest BCUT2D eigenvalue weighted by Crippen LogP contribution is 1.78. The van der Waals surface area contributed by atoms with Crippen molar-refractivity contribution in [3.05, 3.63) is 0 Å². The molecule has 0 aromatic carbocycles. The van der Waals surface area contributed by atoms with Gasteiger partial charge in [-0.1, -0.05) is 27.7 Å². The maximum absolute atomic E-state index is 10.6. The Bertz CT molecular complexity index is 220. The predicted molar refractivity (Wildman–Crippen MR) is 101 cm³/mol. The molecule has 0 aliphatic rings. The van der Waals surface area contributed by atoms with Gasteiger partial charge in [0.05, 0.1) is 39.6 Å². The van der Waals surface area contributed by atoms with Crippen molar-refractivity contribution in [2.45, 2.75) is 34.6 Å². The van der Waals surface area contributed by atoms with Crippen LogP contribution in [0.4, 0.5) is 0 Å². The van der Waals surface area contributed by atoms with Crippen LogP contribution in [0.1, 0.15) is 34.6 Å². The van der Waals surface area contributed by atoms with Crippen molar-refractivity contribution in [1.82, 2.24) is 16.0 Å². The Morgan fingerprint density at radius 2 is 1.12 bits per heavy atom. The zero-order valence-electron chi connectivity index (χ0n) is 16.7. The number of carbonyl (C=O) groups is 1. The van der Waals surface area contributed by atoms with Crippen LogP contribution in [-0.4, -0.2) is 78.8 Å². The first-order valence-corrected chi connectivity index (χ1v) is 9.10. The molecule has 24 heavy (non-hydrogen) atoms. The molecule has 0 radical (unpaired) electrons. The van der Waals surface area contributed by atoms with E-state index in [-0.39, 0.29) is 5.91 Å². The second-order valence-corrected chi connectivity index (χ2v) is 4.17. The third-order valence-corrected chi connectivity index (χ3v) is 2.34. The van der Waals surface area contributed by atoms with E-state index < -0.39 is 0 Å². The smallest absolute Gasteiger partial charge is 0.216 e. The number of nitrogens with one attached hydrogen (secondary N) is 3. The molecule has 0 rings (SSSR count). The van der Waals surface area contributed by atoms with Gasteiger partial charge in [0.1, 0.15) is 0 Å². The number of hydrogen-bond donors (Lipinski definition) is 3. The second-order valence-electron chi connectivity index (χ2n) is 4.17. The summed E-state index contributed by atoms with van der Waals surface area (Å²) >= 11 is 0. The molecular weight excluding hydrogens is 310 g/mol. The lowest BCUT2D eigenvalue weighted by molar-refractivity contribution is -0.119. The van der Waals surface area contributed by atoms with Crippen LogP contribution in [0.15, 0.2) is 0 Å². The molecule has 1 amide bonds. The Labute approximate surface area is 149 Å². The summed E-state index contributed by atoms with van der Waals surface area (Å²) < 4.78 is 16.0.